The first-order valence-electron chi connectivity index (χ1n) is 10.8. The van der Waals surface area contributed by atoms with Crippen LogP contribution in [0.3, 0.4) is 0 Å². The molecule has 5 nitrogen and oxygen atoms in total. The van der Waals surface area contributed by atoms with Gasteiger partial charge in [0.1, 0.15) is 6.04 Å². The monoisotopic (exact) mass is 412 g/mol. The van der Waals surface area contributed by atoms with Crippen molar-refractivity contribution in [3.05, 3.63) is 47.0 Å². The number of hydrogen-bond donors (Lipinski definition) is 1. The van der Waals surface area contributed by atoms with Crippen molar-refractivity contribution in [2.24, 2.45) is 11.8 Å². The van der Waals surface area contributed by atoms with Crippen molar-refractivity contribution in [3.8, 4) is 0 Å². The average Bonchev–Trinajstić information content (AvgIpc) is 3.37. The van der Waals surface area contributed by atoms with E-state index in [4.69, 9.17) is 0 Å². The molecule has 4 rings (SSSR count). The van der Waals surface area contributed by atoms with Crippen LogP contribution in [0.1, 0.15) is 44.2 Å². The van der Waals surface area contributed by atoms with Crippen LogP contribution in [0.4, 0.5) is 5.13 Å². The predicted molar refractivity (Wildman–Crippen MR) is 119 cm³/mol. The summed E-state index contributed by atoms with van der Waals surface area (Å²) >= 11 is 1.61. The van der Waals surface area contributed by atoms with Gasteiger partial charge in [0, 0.05) is 44.3 Å². The number of rotatable bonds is 6. The Morgan fingerprint density at radius 1 is 1.21 bits per heavy atom. The Labute approximate surface area is 178 Å². The lowest BCUT2D eigenvalue weighted by Gasteiger charge is -2.35. The maximum atomic E-state index is 12.9. The highest BCUT2D eigenvalue weighted by Crippen LogP contribution is 2.27. The summed E-state index contributed by atoms with van der Waals surface area (Å²) < 4.78 is 0. The average molecular weight is 413 g/mol. The van der Waals surface area contributed by atoms with E-state index in [0.29, 0.717) is 6.54 Å². The van der Waals surface area contributed by atoms with E-state index < -0.39 is 0 Å². The fraction of sp³-hybridized carbons (Fsp3) is 0.565. The first-order valence-corrected chi connectivity index (χ1v) is 11.7. The number of likely N-dealkylation sites (tertiary alicyclic amines) is 1. The summed E-state index contributed by atoms with van der Waals surface area (Å²) in [7, 11) is 0. The number of amides is 1. The highest BCUT2D eigenvalue weighted by atomic mass is 32.1. The molecule has 1 aromatic carbocycles. The molecule has 3 heterocycles. The van der Waals surface area contributed by atoms with Crippen molar-refractivity contribution in [1.29, 1.82) is 0 Å². The Hall–Kier alpha value is -1.92. The summed E-state index contributed by atoms with van der Waals surface area (Å²) in [6.45, 7) is 9.50. The third kappa shape index (κ3) is 4.98. The van der Waals surface area contributed by atoms with Gasteiger partial charge in [0.25, 0.3) is 0 Å². The molecule has 2 aliphatic rings. The van der Waals surface area contributed by atoms with Gasteiger partial charge in [-0.25, -0.2) is 4.98 Å². The molecular formula is C23H32N4OS. The van der Waals surface area contributed by atoms with Crippen LogP contribution in [0.5, 0.6) is 0 Å². The quantitative estimate of drug-likeness (QED) is 0.782. The molecule has 0 aliphatic carbocycles. The molecule has 0 saturated carbocycles. The molecule has 0 bridgehead atoms. The summed E-state index contributed by atoms with van der Waals surface area (Å²) in [6.07, 6.45) is 5.08. The van der Waals surface area contributed by atoms with Crippen molar-refractivity contribution in [2.45, 2.75) is 52.2 Å². The molecule has 3 unspecified atom stereocenters. The van der Waals surface area contributed by atoms with Crippen LogP contribution in [0.25, 0.3) is 0 Å². The van der Waals surface area contributed by atoms with Crippen LogP contribution in [-0.2, 0) is 17.9 Å². The molecule has 6 heteroatoms. The zero-order chi connectivity index (χ0) is 20.2. The highest BCUT2D eigenvalue weighted by Gasteiger charge is 2.32. The zero-order valence-corrected chi connectivity index (χ0v) is 18.3. The molecule has 1 amide bonds. The number of anilines is 1. The molecule has 2 aromatic rings. The molecule has 3 atom stereocenters. The Balaban J connectivity index is 1.38. The molecule has 0 radical (unpaired) electrons. The molecule has 1 aromatic heterocycles. The van der Waals surface area contributed by atoms with E-state index in [1.807, 2.05) is 11.6 Å². The molecule has 2 saturated heterocycles. The number of aromatic nitrogens is 1. The molecule has 2 aliphatic heterocycles. The van der Waals surface area contributed by atoms with Crippen LogP contribution in [0, 0.1) is 11.8 Å². The number of benzene rings is 1. The minimum absolute atomic E-state index is 0.0999. The lowest BCUT2D eigenvalue weighted by molar-refractivity contribution is -0.122. The van der Waals surface area contributed by atoms with E-state index in [2.05, 4.69) is 58.2 Å². The van der Waals surface area contributed by atoms with Crippen LogP contribution in [0.15, 0.2) is 35.8 Å². The van der Waals surface area contributed by atoms with E-state index >= 15 is 0 Å². The van der Waals surface area contributed by atoms with E-state index in [0.717, 1.165) is 56.0 Å². The number of hydrogen-bond acceptors (Lipinski definition) is 5. The van der Waals surface area contributed by atoms with Gasteiger partial charge in [-0.05, 0) is 42.2 Å². The van der Waals surface area contributed by atoms with Crippen LogP contribution in [-0.4, -0.2) is 41.5 Å². The number of nitrogens with one attached hydrogen (secondary N) is 1. The van der Waals surface area contributed by atoms with Gasteiger partial charge >= 0.3 is 0 Å². The molecular weight excluding hydrogens is 380 g/mol. The van der Waals surface area contributed by atoms with Crippen molar-refractivity contribution in [2.75, 3.05) is 24.5 Å². The number of carbonyl (C=O) groups is 1. The van der Waals surface area contributed by atoms with E-state index in [1.54, 1.807) is 11.3 Å². The summed E-state index contributed by atoms with van der Waals surface area (Å²) in [5.74, 6) is 1.63. The summed E-state index contributed by atoms with van der Waals surface area (Å²) in [5.41, 5.74) is 2.56. The first-order chi connectivity index (χ1) is 14.1. The lowest BCUT2D eigenvalue weighted by Crippen LogP contribution is -2.43. The fourth-order valence-corrected chi connectivity index (χ4v) is 5.69. The molecule has 2 fully saturated rings. The van der Waals surface area contributed by atoms with Crippen LogP contribution < -0.4 is 10.2 Å². The van der Waals surface area contributed by atoms with E-state index in [1.165, 1.54) is 17.5 Å². The van der Waals surface area contributed by atoms with Gasteiger partial charge in [0.15, 0.2) is 5.13 Å². The van der Waals surface area contributed by atoms with Gasteiger partial charge < -0.3 is 10.2 Å². The molecule has 1 N–H and O–H groups in total. The minimum Gasteiger partial charge on any atom is -0.350 e. The largest absolute Gasteiger partial charge is 0.350 e. The standard InChI is InChI=1S/C23H32N4OS/c1-17-12-18(2)15-26(14-17)16-20-7-4-3-6-19(20)13-25-22(28)21-8-5-10-27(21)23-24-9-11-29-23/h3-4,6-7,9,11,17-18,21H,5,8,10,12-16H2,1-2H3,(H,25,28). The second kappa shape index (κ2) is 9.26. The summed E-state index contributed by atoms with van der Waals surface area (Å²) in [6, 6.07) is 8.45. The predicted octanol–water partition coefficient (Wildman–Crippen LogP) is 3.91. The van der Waals surface area contributed by atoms with Crippen molar-refractivity contribution >= 4 is 22.4 Å². The topological polar surface area (TPSA) is 48.5 Å². The van der Waals surface area contributed by atoms with E-state index in [-0.39, 0.29) is 11.9 Å². The minimum atomic E-state index is -0.0999. The third-order valence-electron chi connectivity index (χ3n) is 6.13. The van der Waals surface area contributed by atoms with Crippen molar-refractivity contribution in [3.63, 3.8) is 0 Å². The maximum absolute atomic E-state index is 12.9. The van der Waals surface area contributed by atoms with Crippen LogP contribution in [0.2, 0.25) is 0 Å². The van der Waals surface area contributed by atoms with Crippen molar-refractivity contribution in [1.82, 2.24) is 15.2 Å². The zero-order valence-electron chi connectivity index (χ0n) is 17.5. The van der Waals surface area contributed by atoms with Gasteiger partial charge in [-0.15, -0.1) is 11.3 Å². The first kappa shape index (κ1) is 20.4. The van der Waals surface area contributed by atoms with E-state index in [9.17, 15) is 4.79 Å². The smallest absolute Gasteiger partial charge is 0.243 e. The Morgan fingerprint density at radius 3 is 2.69 bits per heavy atom. The Kier molecular flexibility index (Phi) is 6.50. The van der Waals surface area contributed by atoms with Gasteiger partial charge in [-0.1, -0.05) is 38.1 Å². The Bertz CT molecular complexity index is 799. The molecule has 156 valence electrons. The number of piperidine rings is 1. The number of carbonyl (C=O) groups excluding carboxylic acids is 1. The maximum Gasteiger partial charge on any atom is 0.243 e. The highest BCUT2D eigenvalue weighted by molar-refractivity contribution is 7.13. The summed E-state index contributed by atoms with van der Waals surface area (Å²) in [5, 5.41) is 6.13. The summed E-state index contributed by atoms with van der Waals surface area (Å²) in [4.78, 5) is 22.0. The Morgan fingerprint density at radius 2 is 1.97 bits per heavy atom. The normalized spacial score (nSPS) is 25.3. The SMILES string of the molecule is CC1CC(C)CN(Cc2ccccc2CNC(=O)C2CCCN2c2nccs2)C1. The van der Waals surface area contributed by atoms with Crippen LogP contribution >= 0.6 is 11.3 Å². The lowest BCUT2D eigenvalue weighted by atomic mass is 9.91. The number of nitrogens with zero attached hydrogens (tertiary/aromatic N) is 3. The number of thiazole rings is 1. The molecule has 0 spiro atoms. The van der Waals surface area contributed by atoms with Gasteiger partial charge in [0.05, 0.1) is 0 Å². The second-order valence-corrected chi connectivity index (χ2v) is 9.67. The fourth-order valence-electron chi connectivity index (χ4n) is 4.97. The molecule has 29 heavy (non-hydrogen) atoms. The van der Waals surface area contributed by atoms with Gasteiger partial charge in [0.2, 0.25) is 5.91 Å². The second-order valence-electron chi connectivity index (χ2n) is 8.79. The van der Waals surface area contributed by atoms with Crippen molar-refractivity contribution < 1.29 is 4.79 Å². The van der Waals surface area contributed by atoms with Gasteiger partial charge in [-0.2, -0.15) is 0 Å². The third-order valence-corrected chi connectivity index (χ3v) is 6.94. The van der Waals surface area contributed by atoms with Gasteiger partial charge in [-0.3, -0.25) is 9.69 Å².